The van der Waals surface area contributed by atoms with E-state index in [1.807, 2.05) is 36.7 Å². The van der Waals surface area contributed by atoms with Gasteiger partial charge in [0, 0.05) is 23.7 Å². The van der Waals surface area contributed by atoms with Crippen LogP contribution in [0.1, 0.15) is 12.8 Å². The van der Waals surface area contributed by atoms with E-state index >= 15 is 0 Å². The molecule has 0 unspecified atom stereocenters. The summed E-state index contributed by atoms with van der Waals surface area (Å²) in [5.74, 6) is 0.881. The van der Waals surface area contributed by atoms with Crippen molar-refractivity contribution in [3.8, 4) is 11.1 Å². The number of rotatable bonds is 3. The molecule has 20 heavy (non-hydrogen) atoms. The van der Waals surface area contributed by atoms with Crippen molar-refractivity contribution in [2.24, 2.45) is 5.92 Å². The fraction of sp³-hybridized carbons (Fsp3) is 0.200. The van der Waals surface area contributed by atoms with Gasteiger partial charge in [0.2, 0.25) is 5.91 Å². The minimum Gasteiger partial charge on any atom is -0.367 e. The van der Waals surface area contributed by atoms with E-state index in [1.165, 1.54) is 0 Å². The SMILES string of the molecule is O=C(Nc1n[nH]c2cc(-c3cc[nH]c3)ccc12)C1CC1. The third kappa shape index (κ3) is 1.87. The maximum absolute atomic E-state index is 11.8. The molecular weight excluding hydrogens is 252 g/mol. The van der Waals surface area contributed by atoms with Crippen molar-refractivity contribution in [1.82, 2.24) is 15.2 Å². The molecule has 3 aromatic rings. The van der Waals surface area contributed by atoms with Gasteiger partial charge >= 0.3 is 0 Å². The third-order valence-electron chi connectivity index (χ3n) is 3.68. The van der Waals surface area contributed by atoms with E-state index in [2.05, 4.69) is 20.5 Å². The molecule has 0 aliphatic heterocycles. The van der Waals surface area contributed by atoms with E-state index in [9.17, 15) is 4.79 Å². The van der Waals surface area contributed by atoms with Crippen LogP contribution < -0.4 is 5.32 Å². The highest BCUT2D eigenvalue weighted by Crippen LogP contribution is 2.32. The van der Waals surface area contributed by atoms with Gasteiger partial charge in [-0.2, -0.15) is 5.10 Å². The molecule has 0 saturated heterocycles. The second kappa shape index (κ2) is 4.23. The first-order chi connectivity index (χ1) is 9.81. The first kappa shape index (κ1) is 11.3. The average Bonchev–Trinajstić information content (AvgIpc) is 3.03. The lowest BCUT2D eigenvalue weighted by Crippen LogP contribution is -2.13. The summed E-state index contributed by atoms with van der Waals surface area (Å²) in [5.41, 5.74) is 3.17. The summed E-state index contributed by atoms with van der Waals surface area (Å²) in [6, 6.07) is 8.09. The lowest BCUT2D eigenvalue weighted by molar-refractivity contribution is -0.117. The van der Waals surface area contributed by atoms with E-state index in [0.717, 1.165) is 34.9 Å². The molecule has 3 N–H and O–H groups in total. The second-order valence-electron chi connectivity index (χ2n) is 5.20. The van der Waals surface area contributed by atoms with Crippen molar-refractivity contribution in [3.05, 3.63) is 36.7 Å². The Balaban J connectivity index is 1.69. The second-order valence-corrected chi connectivity index (χ2v) is 5.20. The van der Waals surface area contributed by atoms with Gasteiger partial charge in [-0.05, 0) is 42.2 Å². The minimum atomic E-state index is 0.0770. The van der Waals surface area contributed by atoms with Gasteiger partial charge < -0.3 is 10.3 Å². The van der Waals surface area contributed by atoms with Crippen LogP contribution in [0, 0.1) is 5.92 Å². The van der Waals surface area contributed by atoms with Crippen LogP contribution in [0.2, 0.25) is 0 Å². The van der Waals surface area contributed by atoms with E-state index < -0.39 is 0 Å². The molecule has 1 amide bonds. The standard InChI is InChI=1S/C15H14N4O/c20-15(9-1-2-9)17-14-12-4-3-10(7-13(12)18-19-14)11-5-6-16-8-11/h3-9,16H,1-2H2,(H2,17,18,19,20). The zero-order chi connectivity index (χ0) is 13.5. The van der Waals surface area contributed by atoms with E-state index in [1.54, 1.807) is 0 Å². The van der Waals surface area contributed by atoms with Crippen molar-refractivity contribution < 1.29 is 4.79 Å². The van der Waals surface area contributed by atoms with Crippen LogP contribution in [-0.2, 0) is 4.79 Å². The van der Waals surface area contributed by atoms with Gasteiger partial charge in [0.1, 0.15) is 0 Å². The fourth-order valence-corrected chi connectivity index (χ4v) is 2.36. The average molecular weight is 266 g/mol. The quantitative estimate of drug-likeness (QED) is 0.682. The number of amides is 1. The van der Waals surface area contributed by atoms with Crippen LogP contribution in [-0.4, -0.2) is 21.1 Å². The minimum absolute atomic E-state index is 0.0770. The number of hydrogen-bond acceptors (Lipinski definition) is 2. The summed E-state index contributed by atoms with van der Waals surface area (Å²) in [6.07, 6.45) is 5.83. The summed E-state index contributed by atoms with van der Waals surface area (Å²) in [6.45, 7) is 0. The highest BCUT2D eigenvalue weighted by Gasteiger charge is 2.30. The number of nitrogens with zero attached hydrogens (tertiary/aromatic N) is 1. The van der Waals surface area contributed by atoms with Crippen LogP contribution >= 0.6 is 0 Å². The summed E-state index contributed by atoms with van der Waals surface area (Å²) in [5, 5.41) is 11.0. The number of H-pyrrole nitrogens is 2. The summed E-state index contributed by atoms with van der Waals surface area (Å²) < 4.78 is 0. The summed E-state index contributed by atoms with van der Waals surface area (Å²) in [4.78, 5) is 14.8. The third-order valence-corrected chi connectivity index (χ3v) is 3.68. The molecular formula is C15H14N4O. The highest BCUT2D eigenvalue weighted by atomic mass is 16.2. The Hall–Kier alpha value is -2.56. The van der Waals surface area contributed by atoms with Gasteiger partial charge in [0.15, 0.2) is 5.82 Å². The Morgan fingerprint density at radius 2 is 2.15 bits per heavy atom. The molecule has 2 aromatic heterocycles. The Bertz CT molecular complexity index is 768. The van der Waals surface area contributed by atoms with Gasteiger partial charge in [0.05, 0.1) is 5.52 Å². The Morgan fingerprint density at radius 1 is 1.25 bits per heavy atom. The zero-order valence-corrected chi connectivity index (χ0v) is 10.8. The summed E-state index contributed by atoms with van der Waals surface area (Å²) in [7, 11) is 0. The number of hydrogen-bond donors (Lipinski definition) is 3. The molecule has 1 aliphatic carbocycles. The molecule has 1 fully saturated rings. The lowest BCUT2D eigenvalue weighted by atomic mass is 10.1. The van der Waals surface area contributed by atoms with E-state index in [0.29, 0.717) is 5.82 Å². The van der Waals surface area contributed by atoms with Crippen LogP contribution in [0.15, 0.2) is 36.7 Å². The first-order valence-corrected chi connectivity index (χ1v) is 6.73. The molecule has 5 nitrogen and oxygen atoms in total. The number of anilines is 1. The number of carbonyl (C=O) groups excluding carboxylic acids is 1. The molecule has 100 valence electrons. The van der Waals surface area contributed by atoms with E-state index in [-0.39, 0.29) is 11.8 Å². The van der Waals surface area contributed by atoms with Gasteiger partial charge in [-0.3, -0.25) is 9.89 Å². The maximum Gasteiger partial charge on any atom is 0.228 e. The van der Waals surface area contributed by atoms with Crippen molar-refractivity contribution in [1.29, 1.82) is 0 Å². The summed E-state index contributed by atoms with van der Waals surface area (Å²) >= 11 is 0. The largest absolute Gasteiger partial charge is 0.367 e. The van der Waals surface area contributed by atoms with Gasteiger partial charge in [-0.1, -0.05) is 6.07 Å². The van der Waals surface area contributed by atoms with Gasteiger partial charge in [-0.25, -0.2) is 0 Å². The van der Waals surface area contributed by atoms with E-state index in [4.69, 9.17) is 0 Å². The number of aromatic amines is 2. The molecule has 1 aromatic carbocycles. The number of fused-ring (bicyclic) bond motifs is 1. The smallest absolute Gasteiger partial charge is 0.228 e. The van der Waals surface area contributed by atoms with Gasteiger partial charge in [-0.15, -0.1) is 0 Å². The van der Waals surface area contributed by atoms with Crippen molar-refractivity contribution in [3.63, 3.8) is 0 Å². The van der Waals surface area contributed by atoms with Gasteiger partial charge in [0.25, 0.3) is 0 Å². The van der Waals surface area contributed by atoms with Crippen molar-refractivity contribution in [2.45, 2.75) is 12.8 Å². The molecule has 2 heterocycles. The molecule has 0 atom stereocenters. The van der Waals surface area contributed by atoms with Crippen LogP contribution in [0.3, 0.4) is 0 Å². The molecule has 0 spiro atoms. The first-order valence-electron chi connectivity index (χ1n) is 6.73. The molecule has 4 rings (SSSR count). The monoisotopic (exact) mass is 266 g/mol. The lowest BCUT2D eigenvalue weighted by Gasteiger charge is -2.01. The Kier molecular flexibility index (Phi) is 2.39. The number of carbonyl (C=O) groups is 1. The van der Waals surface area contributed by atoms with Crippen LogP contribution in [0.5, 0.6) is 0 Å². The predicted molar refractivity (Wildman–Crippen MR) is 77.2 cm³/mol. The predicted octanol–water partition coefficient (Wildman–Crippen LogP) is 2.91. The number of nitrogens with one attached hydrogen (secondary N) is 3. The van der Waals surface area contributed by atoms with Crippen molar-refractivity contribution in [2.75, 3.05) is 5.32 Å². The molecule has 1 saturated carbocycles. The number of benzene rings is 1. The topological polar surface area (TPSA) is 73.6 Å². The zero-order valence-electron chi connectivity index (χ0n) is 10.8. The molecule has 1 aliphatic rings. The van der Waals surface area contributed by atoms with Crippen molar-refractivity contribution >= 4 is 22.6 Å². The Labute approximate surface area is 115 Å². The normalized spacial score (nSPS) is 14.6. The molecule has 5 heteroatoms. The molecule has 0 radical (unpaired) electrons. The number of aromatic nitrogens is 3. The molecule has 0 bridgehead atoms. The fourth-order valence-electron chi connectivity index (χ4n) is 2.36. The van der Waals surface area contributed by atoms with Crippen LogP contribution in [0.4, 0.5) is 5.82 Å². The Morgan fingerprint density at radius 3 is 2.90 bits per heavy atom. The highest BCUT2D eigenvalue weighted by molar-refractivity contribution is 6.02. The van der Waals surface area contributed by atoms with Crippen LogP contribution in [0.25, 0.3) is 22.0 Å². The maximum atomic E-state index is 11.8.